The van der Waals surface area contributed by atoms with Crippen molar-refractivity contribution in [3.63, 3.8) is 0 Å². The lowest BCUT2D eigenvalue weighted by molar-refractivity contribution is 0.209. The number of nitroso groups, excluding NO2 is 1. The van der Waals surface area contributed by atoms with Gasteiger partial charge in [-0.2, -0.15) is 5.01 Å². The summed E-state index contributed by atoms with van der Waals surface area (Å²) in [5, 5.41) is 24.3. The molecule has 0 radical (unpaired) electrons. The fourth-order valence-electron chi connectivity index (χ4n) is 1.33. The summed E-state index contributed by atoms with van der Waals surface area (Å²) in [4.78, 5) is 25.3. The van der Waals surface area contributed by atoms with E-state index in [4.69, 9.17) is 5.11 Å². The minimum absolute atomic E-state index is 0. The molecule has 2 amide bonds. The fraction of sp³-hybridized carbons (Fsp3) is 0.400. The van der Waals surface area contributed by atoms with Gasteiger partial charge in [0.25, 0.3) is 0 Å². The highest BCUT2D eigenvalue weighted by Crippen LogP contribution is 2.23. The normalized spacial score (nSPS) is 9.42. The maximum Gasteiger partial charge on any atom is 0.340 e. The van der Waals surface area contributed by atoms with Crippen molar-refractivity contribution in [2.45, 2.75) is 20.1 Å². The molecule has 1 rings (SSSR count). The molecule has 0 aliphatic rings. The zero-order valence-corrected chi connectivity index (χ0v) is 11.3. The summed E-state index contributed by atoms with van der Waals surface area (Å²) in [7, 11) is 1.20. The molecule has 0 saturated carbocycles. The zero-order chi connectivity index (χ0) is 13.7. The molecule has 106 valence electrons. The monoisotopic (exact) mass is 290 g/mol. The van der Waals surface area contributed by atoms with Gasteiger partial charge in [-0.25, -0.2) is 4.79 Å². The van der Waals surface area contributed by atoms with Crippen LogP contribution in [-0.4, -0.2) is 33.3 Å². The molecular formula is C10H15ClN4O4. The molecule has 0 fully saturated rings. The number of amides is 2. The van der Waals surface area contributed by atoms with E-state index in [9.17, 15) is 14.8 Å². The molecule has 19 heavy (non-hydrogen) atoms. The number of hydrogen-bond acceptors (Lipinski definition) is 6. The summed E-state index contributed by atoms with van der Waals surface area (Å²) < 4.78 is 0. The Morgan fingerprint density at radius 3 is 2.74 bits per heavy atom. The Morgan fingerprint density at radius 2 is 2.21 bits per heavy atom. The van der Waals surface area contributed by atoms with Crippen LogP contribution in [0.5, 0.6) is 5.75 Å². The van der Waals surface area contributed by atoms with Crippen molar-refractivity contribution >= 4 is 18.4 Å². The molecule has 1 heterocycles. The van der Waals surface area contributed by atoms with Crippen LogP contribution in [0.25, 0.3) is 0 Å². The van der Waals surface area contributed by atoms with Crippen LogP contribution in [0, 0.1) is 11.8 Å². The Morgan fingerprint density at radius 1 is 1.58 bits per heavy atom. The second-order valence-electron chi connectivity index (χ2n) is 3.62. The molecule has 0 saturated heterocycles. The van der Waals surface area contributed by atoms with Crippen molar-refractivity contribution in [3.05, 3.63) is 27.9 Å². The Kier molecular flexibility index (Phi) is 6.73. The lowest BCUT2D eigenvalue weighted by atomic mass is 10.1. The lowest BCUT2D eigenvalue weighted by Gasteiger charge is -2.13. The summed E-state index contributed by atoms with van der Waals surface area (Å²) in [6, 6.07) is -0.706. The van der Waals surface area contributed by atoms with Crippen molar-refractivity contribution < 1.29 is 15.0 Å². The molecule has 8 nitrogen and oxygen atoms in total. The predicted octanol–water partition coefficient (Wildman–Crippen LogP) is 0.833. The predicted molar refractivity (Wildman–Crippen MR) is 69.6 cm³/mol. The second kappa shape index (κ2) is 7.49. The van der Waals surface area contributed by atoms with E-state index in [0.29, 0.717) is 21.8 Å². The minimum Gasteiger partial charge on any atom is -0.506 e. The van der Waals surface area contributed by atoms with Gasteiger partial charge in [0.05, 0.1) is 17.6 Å². The van der Waals surface area contributed by atoms with Crippen LogP contribution < -0.4 is 5.32 Å². The smallest absolute Gasteiger partial charge is 0.340 e. The number of carbonyl (C=O) groups excluding carboxylic acids is 1. The summed E-state index contributed by atoms with van der Waals surface area (Å²) in [5.74, 6) is -0.0939. The first kappa shape index (κ1) is 17.1. The standard InChI is InChI=1S/C10H14N4O4.ClH/c1-6-9(16)8(7(5-15)3-11-6)4-12-10(17)14(2)13-18;/h3,15-16H,4-5H2,1-2H3,(H,12,17);1H. The zero-order valence-electron chi connectivity index (χ0n) is 10.5. The Hall–Kier alpha value is -1.93. The first-order chi connectivity index (χ1) is 8.51. The van der Waals surface area contributed by atoms with Crippen LogP contribution >= 0.6 is 12.4 Å². The van der Waals surface area contributed by atoms with Crippen molar-refractivity contribution in [1.82, 2.24) is 15.3 Å². The largest absolute Gasteiger partial charge is 0.506 e. The van der Waals surface area contributed by atoms with Gasteiger partial charge >= 0.3 is 6.03 Å². The van der Waals surface area contributed by atoms with E-state index in [1.807, 2.05) is 0 Å². The number of nitrogens with zero attached hydrogens (tertiary/aromatic N) is 3. The third-order valence-electron chi connectivity index (χ3n) is 2.43. The first-order valence-electron chi connectivity index (χ1n) is 5.13. The highest BCUT2D eigenvalue weighted by atomic mass is 35.5. The van der Waals surface area contributed by atoms with Gasteiger partial charge in [0.2, 0.25) is 0 Å². The molecule has 9 heteroatoms. The summed E-state index contributed by atoms with van der Waals surface area (Å²) >= 11 is 0. The van der Waals surface area contributed by atoms with Crippen LogP contribution in [0.4, 0.5) is 4.79 Å². The third kappa shape index (κ3) is 4.04. The van der Waals surface area contributed by atoms with Gasteiger partial charge in [0.1, 0.15) is 5.75 Å². The number of nitrogens with one attached hydrogen (secondary N) is 1. The van der Waals surface area contributed by atoms with E-state index < -0.39 is 6.03 Å². The number of urea groups is 1. The van der Waals surface area contributed by atoms with E-state index in [-0.39, 0.29) is 31.3 Å². The van der Waals surface area contributed by atoms with Gasteiger partial charge in [0.15, 0.2) is 0 Å². The van der Waals surface area contributed by atoms with Crippen molar-refractivity contribution in [1.29, 1.82) is 0 Å². The van der Waals surface area contributed by atoms with E-state index in [1.54, 1.807) is 6.92 Å². The van der Waals surface area contributed by atoms with Crippen LogP contribution in [0.1, 0.15) is 16.8 Å². The minimum atomic E-state index is -0.706. The number of aryl methyl sites for hydroxylation is 1. The van der Waals surface area contributed by atoms with E-state index >= 15 is 0 Å². The molecule has 3 N–H and O–H groups in total. The number of aromatic nitrogens is 1. The number of aliphatic hydroxyl groups is 1. The highest BCUT2D eigenvalue weighted by molar-refractivity contribution is 5.85. The van der Waals surface area contributed by atoms with Crippen molar-refractivity contribution in [3.8, 4) is 5.75 Å². The average molecular weight is 291 g/mol. The topological polar surface area (TPSA) is 115 Å². The number of carbonyl (C=O) groups is 1. The lowest BCUT2D eigenvalue weighted by Crippen LogP contribution is -2.33. The molecular weight excluding hydrogens is 276 g/mol. The number of aliphatic hydroxyl groups excluding tert-OH is 1. The number of halogens is 1. The number of hydrogen-bond donors (Lipinski definition) is 3. The van der Waals surface area contributed by atoms with Gasteiger partial charge in [-0.15, -0.1) is 17.3 Å². The van der Waals surface area contributed by atoms with Crippen LogP contribution in [0.15, 0.2) is 11.5 Å². The van der Waals surface area contributed by atoms with Gasteiger partial charge in [-0.3, -0.25) is 4.98 Å². The van der Waals surface area contributed by atoms with Crippen LogP contribution in [-0.2, 0) is 13.2 Å². The maximum atomic E-state index is 11.3. The SMILES string of the molecule is Cc1ncc(CO)c(CNC(=O)N(C)N=O)c1O.Cl. The Bertz CT molecular complexity index is 469. The molecule has 0 atom stereocenters. The number of rotatable bonds is 4. The third-order valence-corrected chi connectivity index (χ3v) is 2.43. The molecule has 1 aromatic rings. The quantitative estimate of drug-likeness (QED) is 0.561. The summed E-state index contributed by atoms with van der Waals surface area (Å²) in [6.07, 6.45) is 1.41. The van der Waals surface area contributed by atoms with Crippen molar-refractivity contribution in [2.75, 3.05) is 7.05 Å². The fourth-order valence-corrected chi connectivity index (χ4v) is 1.33. The van der Waals surface area contributed by atoms with Gasteiger partial charge in [0, 0.05) is 30.9 Å². The van der Waals surface area contributed by atoms with Gasteiger partial charge < -0.3 is 15.5 Å². The molecule has 0 aliphatic heterocycles. The summed E-state index contributed by atoms with van der Waals surface area (Å²) in [6.45, 7) is 1.25. The number of pyridine rings is 1. The first-order valence-corrected chi connectivity index (χ1v) is 5.13. The average Bonchev–Trinajstić information content (AvgIpc) is 2.38. The molecule has 0 spiro atoms. The second-order valence-corrected chi connectivity index (χ2v) is 3.62. The van der Waals surface area contributed by atoms with Crippen LogP contribution in [0.3, 0.4) is 0 Å². The highest BCUT2D eigenvalue weighted by Gasteiger charge is 2.14. The molecule has 0 aliphatic carbocycles. The number of aromatic hydroxyl groups is 1. The Labute approximate surface area is 115 Å². The summed E-state index contributed by atoms with van der Waals surface area (Å²) in [5.41, 5.74) is 1.15. The molecule has 0 bridgehead atoms. The van der Waals surface area contributed by atoms with Crippen LogP contribution in [0.2, 0.25) is 0 Å². The van der Waals surface area contributed by atoms with E-state index in [2.05, 4.69) is 15.6 Å². The van der Waals surface area contributed by atoms with E-state index in [0.717, 1.165) is 0 Å². The van der Waals surface area contributed by atoms with Gasteiger partial charge in [-0.1, -0.05) is 0 Å². The molecule has 0 aromatic carbocycles. The van der Waals surface area contributed by atoms with Crippen molar-refractivity contribution in [2.24, 2.45) is 5.29 Å². The maximum absolute atomic E-state index is 11.3. The van der Waals surface area contributed by atoms with E-state index in [1.165, 1.54) is 13.2 Å². The molecule has 0 unspecified atom stereocenters. The van der Waals surface area contributed by atoms with Gasteiger partial charge in [-0.05, 0) is 6.92 Å². The Balaban J connectivity index is 0.00000324. The molecule has 1 aromatic heterocycles.